The number of nitrogens with zero attached hydrogens (tertiary/aromatic N) is 3. The summed E-state index contributed by atoms with van der Waals surface area (Å²) in [5, 5.41) is 6.57. The van der Waals surface area contributed by atoms with Crippen LogP contribution >= 0.6 is 11.6 Å². The molecule has 6 nitrogen and oxygen atoms in total. The Bertz CT molecular complexity index is 957. The Kier molecular flexibility index (Phi) is 5.57. The Morgan fingerprint density at radius 1 is 1.04 bits per heavy atom. The standard InChI is InChI=1S/C20H20ClN5O/c1-13-4-5-14(21)10-17(13)25-20(27)18-11-19(23-12-22-18)24-15-6-8-16(9-7-15)26(2)3/h4-12H,1-3H3,(H,25,27)(H,22,23,24). The van der Waals surface area contributed by atoms with Crippen molar-refractivity contribution in [1.29, 1.82) is 0 Å². The largest absolute Gasteiger partial charge is 0.378 e. The molecular formula is C20H20ClN5O. The molecule has 27 heavy (non-hydrogen) atoms. The number of carbonyl (C=O) groups excluding carboxylic acids is 1. The number of hydrogen-bond acceptors (Lipinski definition) is 5. The lowest BCUT2D eigenvalue weighted by Gasteiger charge is -2.13. The van der Waals surface area contributed by atoms with Gasteiger partial charge in [0.05, 0.1) is 0 Å². The quantitative estimate of drug-likeness (QED) is 0.680. The molecule has 3 aromatic rings. The molecule has 0 spiro atoms. The molecule has 0 aliphatic heterocycles. The highest BCUT2D eigenvalue weighted by molar-refractivity contribution is 6.31. The van der Waals surface area contributed by atoms with Crippen molar-refractivity contribution in [3.8, 4) is 0 Å². The van der Waals surface area contributed by atoms with Gasteiger partial charge in [-0.1, -0.05) is 17.7 Å². The number of aromatic nitrogens is 2. The highest BCUT2D eigenvalue weighted by Gasteiger charge is 2.11. The smallest absolute Gasteiger partial charge is 0.274 e. The lowest BCUT2D eigenvalue weighted by molar-refractivity contribution is 0.102. The minimum Gasteiger partial charge on any atom is -0.378 e. The number of benzene rings is 2. The maximum absolute atomic E-state index is 12.5. The fraction of sp³-hybridized carbons (Fsp3) is 0.150. The molecule has 1 aromatic heterocycles. The Morgan fingerprint density at radius 2 is 1.78 bits per heavy atom. The maximum atomic E-state index is 12.5. The number of amides is 1. The molecule has 0 saturated heterocycles. The molecule has 1 amide bonds. The van der Waals surface area contributed by atoms with Gasteiger partial charge in [-0.15, -0.1) is 0 Å². The van der Waals surface area contributed by atoms with Gasteiger partial charge in [-0.25, -0.2) is 9.97 Å². The second kappa shape index (κ2) is 8.05. The Labute approximate surface area is 163 Å². The number of aryl methyl sites for hydroxylation is 1. The monoisotopic (exact) mass is 381 g/mol. The first-order valence-corrected chi connectivity index (χ1v) is 8.74. The zero-order valence-corrected chi connectivity index (χ0v) is 16.1. The van der Waals surface area contributed by atoms with Crippen LogP contribution in [0.1, 0.15) is 16.1 Å². The predicted molar refractivity (Wildman–Crippen MR) is 110 cm³/mol. The summed E-state index contributed by atoms with van der Waals surface area (Å²) < 4.78 is 0. The van der Waals surface area contributed by atoms with Crippen molar-refractivity contribution in [3.05, 3.63) is 71.1 Å². The van der Waals surface area contributed by atoms with Gasteiger partial charge >= 0.3 is 0 Å². The van der Waals surface area contributed by atoms with E-state index in [4.69, 9.17) is 11.6 Å². The van der Waals surface area contributed by atoms with Gasteiger partial charge in [0.25, 0.3) is 5.91 Å². The van der Waals surface area contributed by atoms with Gasteiger partial charge in [0.2, 0.25) is 0 Å². The molecule has 0 atom stereocenters. The molecule has 0 saturated carbocycles. The normalized spacial score (nSPS) is 10.4. The molecule has 1 heterocycles. The Morgan fingerprint density at radius 3 is 2.48 bits per heavy atom. The predicted octanol–water partition coefficient (Wildman–Crippen LogP) is 4.50. The number of anilines is 4. The molecule has 138 valence electrons. The summed E-state index contributed by atoms with van der Waals surface area (Å²) in [5.74, 6) is 0.212. The molecule has 3 rings (SSSR count). The van der Waals surface area contributed by atoms with E-state index in [0.717, 1.165) is 16.9 Å². The van der Waals surface area contributed by atoms with Crippen molar-refractivity contribution in [2.45, 2.75) is 6.92 Å². The van der Waals surface area contributed by atoms with E-state index in [1.165, 1.54) is 6.33 Å². The second-order valence-corrected chi connectivity index (χ2v) is 6.70. The van der Waals surface area contributed by atoms with Gasteiger partial charge < -0.3 is 15.5 Å². The lowest BCUT2D eigenvalue weighted by Crippen LogP contribution is -2.15. The van der Waals surface area contributed by atoms with E-state index < -0.39 is 0 Å². The number of rotatable bonds is 5. The molecule has 0 fully saturated rings. The molecule has 0 radical (unpaired) electrons. The molecule has 0 aliphatic rings. The molecule has 0 bridgehead atoms. The number of carbonyl (C=O) groups is 1. The van der Waals surface area contributed by atoms with Crippen LogP contribution in [-0.2, 0) is 0 Å². The summed E-state index contributed by atoms with van der Waals surface area (Å²) in [6.07, 6.45) is 1.36. The Balaban J connectivity index is 1.74. The molecule has 0 unspecified atom stereocenters. The van der Waals surface area contributed by atoms with Crippen LogP contribution in [0.4, 0.5) is 22.9 Å². The molecule has 2 N–H and O–H groups in total. The first-order chi connectivity index (χ1) is 12.9. The number of nitrogens with one attached hydrogen (secondary N) is 2. The van der Waals surface area contributed by atoms with Crippen LogP contribution in [0, 0.1) is 6.92 Å². The third-order valence-corrected chi connectivity index (χ3v) is 4.24. The van der Waals surface area contributed by atoms with Crippen molar-refractivity contribution in [1.82, 2.24) is 9.97 Å². The van der Waals surface area contributed by atoms with Gasteiger partial charge in [-0.2, -0.15) is 0 Å². The lowest BCUT2D eigenvalue weighted by atomic mass is 10.2. The SMILES string of the molecule is Cc1ccc(Cl)cc1NC(=O)c1cc(Nc2ccc(N(C)C)cc2)ncn1. The van der Waals surface area contributed by atoms with Gasteiger partial charge in [0.1, 0.15) is 17.8 Å². The van der Waals surface area contributed by atoms with E-state index in [1.54, 1.807) is 18.2 Å². The van der Waals surface area contributed by atoms with Crippen LogP contribution in [0.25, 0.3) is 0 Å². The summed E-state index contributed by atoms with van der Waals surface area (Å²) in [7, 11) is 3.97. The summed E-state index contributed by atoms with van der Waals surface area (Å²) >= 11 is 6.00. The van der Waals surface area contributed by atoms with Gasteiger partial charge in [-0.3, -0.25) is 4.79 Å². The summed E-state index contributed by atoms with van der Waals surface area (Å²) in [6, 6.07) is 14.8. The van der Waals surface area contributed by atoms with Crippen LogP contribution in [-0.4, -0.2) is 30.0 Å². The Hall–Kier alpha value is -3.12. The highest BCUT2D eigenvalue weighted by Crippen LogP contribution is 2.22. The second-order valence-electron chi connectivity index (χ2n) is 6.27. The fourth-order valence-electron chi connectivity index (χ4n) is 2.46. The third-order valence-electron chi connectivity index (χ3n) is 4.00. The van der Waals surface area contributed by atoms with Crippen molar-refractivity contribution in [3.63, 3.8) is 0 Å². The zero-order valence-electron chi connectivity index (χ0n) is 15.3. The number of halogens is 1. The zero-order chi connectivity index (χ0) is 19.4. The highest BCUT2D eigenvalue weighted by atomic mass is 35.5. The van der Waals surface area contributed by atoms with Crippen LogP contribution in [0.5, 0.6) is 0 Å². The van der Waals surface area contributed by atoms with E-state index in [1.807, 2.05) is 56.3 Å². The van der Waals surface area contributed by atoms with E-state index in [9.17, 15) is 4.79 Å². The minimum absolute atomic E-state index is 0.261. The van der Waals surface area contributed by atoms with Crippen LogP contribution in [0.15, 0.2) is 54.9 Å². The minimum atomic E-state index is -0.325. The maximum Gasteiger partial charge on any atom is 0.274 e. The van der Waals surface area contributed by atoms with Crippen molar-refractivity contribution < 1.29 is 4.79 Å². The molecule has 7 heteroatoms. The first kappa shape index (κ1) is 18.7. The average Bonchev–Trinajstić information content (AvgIpc) is 2.65. The molecule has 0 aliphatic carbocycles. The van der Waals surface area contributed by atoms with E-state index in [2.05, 4.69) is 20.6 Å². The van der Waals surface area contributed by atoms with Crippen LogP contribution in [0.2, 0.25) is 5.02 Å². The molecular weight excluding hydrogens is 362 g/mol. The summed E-state index contributed by atoms with van der Waals surface area (Å²) in [5.41, 5.74) is 3.80. The van der Waals surface area contributed by atoms with Crippen molar-refractivity contribution >= 4 is 40.4 Å². The summed E-state index contributed by atoms with van der Waals surface area (Å²) in [6.45, 7) is 1.90. The van der Waals surface area contributed by atoms with Crippen LogP contribution < -0.4 is 15.5 Å². The topological polar surface area (TPSA) is 70.2 Å². The molecule has 2 aromatic carbocycles. The van der Waals surface area contributed by atoms with E-state index in [-0.39, 0.29) is 11.6 Å². The van der Waals surface area contributed by atoms with E-state index in [0.29, 0.717) is 16.5 Å². The van der Waals surface area contributed by atoms with Gasteiger partial charge in [-0.05, 0) is 48.9 Å². The fourth-order valence-corrected chi connectivity index (χ4v) is 2.63. The van der Waals surface area contributed by atoms with Gasteiger partial charge in [0.15, 0.2) is 0 Å². The average molecular weight is 382 g/mol. The van der Waals surface area contributed by atoms with Crippen molar-refractivity contribution in [2.24, 2.45) is 0 Å². The van der Waals surface area contributed by atoms with Gasteiger partial charge in [0, 0.05) is 42.2 Å². The van der Waals surface area contributed by atoms with Crippen molar-refractivity contribution in [2.75, 3.05) is 29.6 Å². The first-order valence-electron chi connectivity index (χ1n) is 8.36. The van der Waals surface area contributed by atoms with Crippen LogP contribution in [0.3, 0.4) is 0 Å². The third kappa shape index (κ3) is 4.74. The number of hydrogen-bond donors (Lipinski definition) is 2. The van der Waals surface area contributed by atoms with E-state index >= 15 is 0 Å². The summed E-state index contributed by atoms with van der Waals surface area (Å²) in [4.78, 5) is 22.8.